The maximum Gasteiger partial charge on any atom is 0.294 e. The van der Waals surface area contributed by atoms with Crippen LogP contribution in [0.25, 0.3) is 11.0 Å². The van der Waals surface area contributed by atoms with Gasteiger partial charge < -0.3 is 19.0 Å². The molecule has 1 atom stereocenters. The van der Waals surface area contributed by atoms with Crippen molar-refractivity contribution in [3.05, 3.63) is 98.9 Å². The first-order valence-corrected chi connectivity index (χ1v) is 12.0. The summed E-state index contributed by atoms with van der Waals surface area (Å²) in [6.45, 7) is 1.84. The summed E-state index contributed by atoms with van der Waals surface area (Å²) in [5.74, 6) is -1.43. The lowest BCUT2D eigenvalue weighted by Gasteiger charge is -2.28. The second-order valence-electron chi connectivity index (χ2n) is 8.48. The number of ketones is 1. The molecule has 3 aromatic carbocycles. The minimum absolute atomic E-state index is 0.0893. The van der Waals surface area contributed by atoms with Crippen LogP contribution in [0.15, 0.2) is 76.4 Å². The number of Topliss-reactive ketones (excluding diaryl/α,β-unsaturated/α-hetero) is 1. The zero-order chi connectivity index (χ0) is 26.4. The Balaban J connectivity index is 1.70. The summed E-state index contributed by atoms with van der Waals surface area (Å²) in [5, 5.41) is 12.4. The standard InChI is InChI=1S/C28H21Cl2NO6/c1-14-8-9-17(13-19(14)30)31-24(18-6-4-5-7-20(18)35-2)23(26(33)28(31)34)25(32)21-11-15-10-16(29)12-22(36-3)27(15)37-21/h4-13,24,33H,1-3H3. The van der Waals surface area contributed by atoms with Gasteiger partial charge in [-0.05, 0) is 42.8 Å². The van der Waals surface area contributed by atoms with E-state index in [2.05, 4.69) is 0 Å². The maximum absolute atomic E-state index is 13.9. The molecule has 4 aromatic rings. The van der Waals surface area contributed by atoms with Crippen molar-refractivity contribution in [1.29, 1.82) is 0 Å². The van der Waals surface area contributed by atoms with Crippen LogP contribution in [-0.2, 0) is 4.79 Å². The van der Waals surface area contributed by atoms with E-state index >= 15 is 0 Å². The van der Waals surface area contributed by atoms with Gasteiger partial charge >= 0.3 is 0 Å². The third kappa shape index (κ3) is 4.10. The molecular weight excluding hydrogens is 517 g/mol. The molecule has 0 saturated carbocycles. The summed E-state index contributed by atoms with van der Waals surface area (Å²) in [6, 6.07) is 15.7. The Morgan fingerprint density at radius 1 is 1.00 bits per heavy atom. The van der Waals surface area contributed by atoms with Gasteiger partial charge in [0.05, 0.1) is 25.8 Å². The fraction of sp³-hybridized carbons (Fsp3) is 0.143. The number of ether oxygens (including phenoxy) is 2. The number of rotatable bonds is 6. The van der Waals surface area contributed by atoms with Crippen molar-refractivity contribution in [3.63, 3.8) is 0 Å². The first kappa shape index (κ1) is 24.7. The number of aliphatic hydroxyl groups is 1. The number of hydrogen-bond donors (Lipinski definition) is 1. The Labute approximate surface area is 222 Å². The molecule has 188 valence electrons. The highest BCUT2D eigenvalue weighted by atomic mass is 35.5. The smallest absolute Gasteiger partial charge is 0.294 e. The normalized spacial score (nSPS) is 15.5. The molecule has 1 amide bonds. The number of benzene rings is 3. The third-order valence-electron chi connectivity index (χ3n) is 6.31. The molecule has 0 spiro atoms. The van der Waals surface area contributed by atoms with Gasteiger partial charge in [0.2, 0.25) is 5.78 Å². The summed E-state index contributed by atoms with van der Waals surface area (Å²) >= 11 is 12.5. The molecule has 1 aromatic heterocycles. The van der Waals surface area contributed by atoms with Gasteiger partial charge in [-0.15, -0.1) is 0 Å². The zero-order valence-electron chi connectivity index (χ0n) is 20.0. The van der Waals surface area contributed by atoms with Crippen LogP contribution in [0.1, 0.15) is 27.7 Å². The summed E-state index contributed by atoms with van der Waals surface area (Å²) in [6.07, 6.45) is 0. The van der Waals surface area contributed by atoms with E-state index in [0.717, 1.165) is 5.56 Å². The van der Waals surface area contributed by atoms with Gasteiger partial charge in [-0.25, -0.2) is 0 Å². The Morgan fingerprint density at radius 2 is 1.73 bits per heavy atom. The van der Waals surface area contributed by atoms with E-state index in [0.29, 0.717) is 43.8 Å². The van der Waals surface area contributed by atoms with Gasteiger partial charge in [0.15, 0.2) is 22.9 Å². The van der Waals surface area contributed by atoms with Gasteiger partial charge in [-0.2, -0.15) is 0 Å². The molecule has 9 heteroatoms. The van der Waals surface area contributed by atoms with Crippen LogP contribution in [0.5, 0.6) is 11.5 Å². The number of hydrogen-bond acceptors (Lipinski definition) is 6. The quantitative estimate of drug-likeness (QED) is 0.270. The number of carbonyl (C=O) groups is 2. The molecule has 0 aliphatic carbocycles. The third-order valence-corrected chi connectivity index (χ3v) is 6.94. The minimum atomic E-state index is -1.02. The molecule has 0 radical (unpaired) electrons. The van der Waals surface area contributed by atoms with Crippen LogP contribution in [0.4, 0.5) is 5.69 Å². The molecule has 2 heterocycles. The van der Waals surface area contributed by atoms with Crippen molar-refractivity contribution in [2.45, 2.75) is 13.0 Å². The fourth-order valence-corrected chi connectivity index (χ4v) is 4.90. The van der Waals surface area contributed by atoms with Crippen LogP contribution < -0.4 is 14.4 Å². The number of carbonyl (C=O) groups excluding carboxylic acids is 2. The fourth-order valence-electron chi connectivity index (χ4n) is 4.50. The number of anilines is 1. The van der Waals surface area contributed by atoms with Gasteiger partial charge in [0, 0.05) is 32.7 Å². The molecule has 1 N–H and O–H groups in total. The van der Waals surface area contributed by atoms with E-state index in [1.54, 1.807) is 54.6 Å². The van der Waals surface area contributed by atoms with E-state index in [9.17, 15) is 14.7 Å². The lowest BCUT2D eigenvalue weighted by Crippen LogP contribution is -2.31. The number of furan rings is 1. The molecule has 0 saturated heterocycles. The lowest BCUT2D eigenvalue weighted by molar-refractivity contribution is -0.117. The molecule has 5 rings (SSSR count). The summed E-state index contributed by atoms with van der Waals surface area (Å²) in [4.78, 5) is 28.7. The predicted molar refractivity (Wildman–Crippen MR) is 141 cm³/mol. The van der Waals surface area contributed by atoms with Crippen LogP contribution in [0.3, 0.4) is 0 Å². The molecule has 1 aliphatic rings. The average molecular weight is 538 g/mol. The second kappa shape index (κ2) is 9.50. The van der Waals surface area contributed by atoms with Crippen molar-refractivity contribution in [1.82, 2.24) is 0 Å². The number of amides is 1. The van der Waals surface area contributed by atoms with E-state index in [4.69, 9.17) is 37.1 Å². The molecule has 0 bridgehead atoms. The van der Waals surface area contributed by atoms with E-state index in [1.165, 1.54) is 25.2 Å². The average Bonchev–Trinajstić information content (AvgIpc) is 3.43. The lowest BCUT2D eigenvalue weighted by atomic mass is 9.94. The number of halogens is 2. The van der Waals surface area contributed by atoms with Crippen LogP contribution >= 0.6 is 23.2 Å². The van der Waals surface area contributed by atoms with Crippen LogP contribution in [0.2, 0.25) is 10.0 Å². The summed E-state index contributed by atoms with van der Waals surface area (Å²) in [7, 11) is 2.95. The molecule has 1 aliphatic heterocycles. The Kier molecular flexibility index (Phi) is 6.35. The number of nitrogens with zero attached hydrogens (tertiary/aromatic N) is 1. The highest BCUT2D eigenvalue weighted by molar-refractivity contribution is 6.32. The van der Waals surface area contributed by atoms with Gasteiger partial charge in [-0.3, -0.25) is 14.5 Å². The second-order valence-corrected chi connectivity index (χ2v) is 9.33. The Hall–Kier alpha value is -3.94. The number of para-hydroxylation sites is 1. The number of aryl methyl sites for hydroxylation is 1. The van der Waals surface area contributed by atoms with Crippen molar-refractivity contribution >= 4 is 51.5 Å². The molecule has 37 heavy (non-hydrogen) atoms. The summed E-state index contributed by atoms with van der Waals surface area (Å²) < 4.78 is 16.7. The SMILES string of the molecule is COc1ccccc1C1C(C(=O)c2cc3cc(Cl)cc(OC)c3o2)=C(O)C(=O)N1c1ccc(C)c(Cl)c1. The topological polar surface area (TPSA) is 89.2 Å². The minimum Gasteiger partial charge on any atom is -0.503 e. The monoisotopic (exact) mass is 537 g/mol. The van der Waals surface area contributed by atoms with E-state index in [1.807, 2.05) is 6.92 Å². The molecule has 0 fully saturated rings. The predicted octanol–water partition coefficient (Wildman–Crippen LogP) is 6.85. The highest BCUT2D eigenvalue weighted by Crippen LogP contribution is 2.46. The number of fused-ring (bicyclic) bond motifs is 1. The van der Waals surface area contributed by atoms with Crippen molar-refractivity contribution < 1.29 is 28.6 Å². The number of aliphatic hydroxyl groups excluding tert-OH is 1. The van der Waals surface area contributed by atoms with Crippen LogP contribution in [0, 0.1) is 6.92 Å². The molecule has 7 nitrogen and oxygen atoms in total. The van der Waals surface area contributed by atoms with Crippen LogP contribution in [-0.4, -0.2) is 31.0 Å². The van der Waals surface area contributed by atoms with Gasteiger partial charge in [0.1, 0.15) is 5.75 Å². The Morgan fingerprint density at radius 3 is 2.43 bits per heavy atom. The van der Waals surface area contributed by atoms with E-state index < -0.39 is 23.5 Å². The first-order chi connectivity index (χ1) is 17.7. The number of methoxy groups -OCH3 is 2. The van der Waals surface area contributed by atoms with Gasteiger partial charge in [-0.1, -0.05) is 47.5 Å². The largest absolute Gasteiger partial charge is 0.503 e. The van der Waals surface area contributed by atoms with Crippen molar-refractivity contribution in [2.75, 3.05) is 19.1 Å². The van der Waals surface area contributed by atoms with Crippen molar-refractivity contribution in [3.8, 4) is 11.5 Å². The zero-order valence-corrected chi connectivity index (χ0v) is 21.6. The molecule has 1 unspecified atom stereocenters. The van der Waals surface area contributed by atoms with Crippen molar-refractivity contribution in [2.24, 2.45) is 0 Å². The summed E-state index contributed by atoms with van der Waals surface area (Å²) in [5.41, 5.74) is 1.88. The first-order valence-electron chi connectivity index (χ1n) is 11.2. The highest BCUT2D eigenvalue weighted by Gasteiger charge is 2.46. The van der Waals surface area contributed by atoms with Gasteiger partial charge in [0.25, 0.3) is 5.91 Å². The maximum atomic E-state index is 13.9. The Bertz CT molecular complexity index is 1610. The van der Waals surface area contributed by atoms with E-state index in [-0.39, 0.29) is 11.3 Å². The molecular formula is C28H21Cl2NO6.